The zero-order valence-electron chi connectivity index (χ0n) is 14.2. The molecule has 0 unspecified atom stereocenters. The Morgan fingerprint density at radius 2 is 1.92 bits per heavy atom. The molecule has 0 aliphatic carbocycles. The standard InChI is InChI=1S/C19H19N5O/c1-14(25)16-9-6-10-17(11-16)21-19-22-18(12-20-23-19)24(2)13-15-7-4-3-5-8-15/h3-12H,13H2,1-2H3,(H,21,22,23). The summed E-state index contributed by atoms with van der Waals surface area (Å²) < 4.78 is 0. The van der Waals surface area contributed by atoms with E-state index in [0.717, 1.165) is 12.2 Å². The quantitative estimate of drug-likeness (QED) is 0.697. The monoisotopic (exact) mass is 333 g/mol. The number of Topliss-reactive ketones (excluding diaryl/α,β-unsaturated/α-hetero) is 1. The van der Waals surface area contributed by atoms with Crippen LogP contribution in [0.3, 0.4) is 0 Å². The number of anilines is 3. The van der Waals surface area contributed by atoms with Gasteiger partial charge in [-0.05, 0) is 24.6 Å². The van der Waals surface area contributed by atoms with Gasteiger partial charge in [0, 0.05) is 24.8 Å². The second-order valence-electron chi connectivity index (χ2n) is 5.74. The number of carbonyl (C=O) groups is 1. The van der Waals surface area contributed by atoms with Crippen molar-refractivity contribution in [2.75, 3.05) is 17.3 Å². The highest BCUT2D eigenvalue weighted by Crippen LogP contribution is 2.17. The molecule has 0 bridgehead atoms. The third-order valence-corrected chi connectivity index (χ3v) is 3.73. The van der Waals surface area contributed by atoms with E-state index in [2.05, 4.69) is 32.6 Å². The fourth-order valence-electron chi connectivity index (χ4n) is 2.42. The molecule has 0 radical (unpaired) electrons. The number of hydrogen-bond donors (Lipinski definition) is 1. The first-order chi connectivity index (χ1) is 12.1. The van der Waals surface area contributed by atoms with Crippen molar-refractivity contribution in [2.24, 2.45) is 0 Å². The van der Waals surface area contributed by atoms with Crippen molar-refractivity contribution in [1.82, 2.24) is 15.2 Å². The summed E-state index contributed by atoms with van der Waals surface area (Å²) in [4.78, 5) is 18.0. The number of carbonyl (C=O) groups excluding carboxylic acids is 1. The third kappa shape index (κ3) is 4.38. The number of rotatable bonds is 6. The van der Waals surface area contributed by atoms with Crippen LogP contribution >= 0.6 is 0 Å². The van der Waals surface area contributed by atoms with Crippen molar-refractivity contribution in [3.8, 4) is 0 Å². The van der Waals surface area contributed by atoms with E-state index in [0.29, 0.717) is 17.3 Å². The maximum absolute atomic E-state index is 11.5. The number of benzene rings is 2. The average Bonchev–Trinajstić information content (AvgIpc) is 2.63. The Morgan fingerprint density at radius 3 is 2.68 bits per heavy atom. The molecule has 0 spiro atoms. The van der Waals surface area contributed by atoms with E-state index in [-0.39, 0.29) is 5.78 Å². The minimum absolute atomic E-state index is 0.0130. The van der Waals surface area contributed by atoms with Gasteiger partial charge >= 0.3 is 0 Å². The first-order valence-corrected chi connectivity index (χ1v) is 7.94. The van der Waals surface area contributed by atoms with Gasteiger partial charge in [-0.15, -0.1) is 5.10 Å². The molecule has 0 aliphatic rings. The summed E-state index contributed by atoms with van der Waals surface area (Å²) in [6.07, 6.45) is 1.63. The van der Waals surface area contributed by atoms with Crippen LogP contribution in [0.5, 0.6) is 0 Å². The number of nitrogens with one attached hydrogen (secondary N) is 1. The highest BCUT2D eigenvalue weighted by atomic mass is 16.1. The Morgan fingerprint density at radius 1 is 1.12 bits per heavy atom. The summed E-state index contributed by atoms with van der Waals surface area (Å²) in [5, 5.41) is 11.1. The first kappa shape index (κ1) is 16.6. The fraction of sp³-hybridized carbons (Fsp3) is 0.158. The Labute approximate surface area is 146 Å². The highest BCUT2D eigenvalue weighted by molar-refractivity contribution is 5.95. The van der Waals surface area contributed by atoms with E-state index in [4.69, 9.17) is 0 Å². The van der Waals surface area contributed by atoms with Crippen molar-refractivity contribution in [1.29, 1.82) is 0 Å². The molecule has 1 heterocycles. The van der Waals surface area contributed by atoms with Crippen LogP contribution in [0.1, 0.15) is 22.8 Å². The largest absolute Gasteiger partial charge is 0.354 e. The van der Waals surface area contributed by atoms with E-state index in [1.165, 1.54) is 12.5 Å². The molecule has 0 amide bonds. The van der Waals surface area contributed by atoms with Crippen LogP contribution in [-0.4, -0.2) is 28.0 Å². The summed E-state index contributed by atoms with van der Waals surface area (Å²) in [5.74, 6) is 1.11. The van der Waals surface area contributed by atoms with Gasteiger partial charge in [0.2, 0.25) is 5.95 Å². The van der Waals surface area contributed by atoms with Crippen molar-refractivity contribution in [3.05, 3.63) is 71.9 Å². The minimum Gasteiger partial charge on any atom is -0.354 e. The summed E-state index contributed by atoms with van der Waals surface area (Å²) in [7, 11) is 1.96. The molecule has 1 aromatic heterocycles. The third-order valence-electron chi connectivity index (χ3n) is 3.73. The van der Waals surface area contributed by atoms with Crippen molar-refractivity contribution >= 4 is 23.2 Å². The molecule has 6 heteroatoms. The van der Waals surface area contributed by atoms with Crippen LogP contribution in [-0.2, 0) is 6.54 Å². The predicted molar refractivity (Wildman–Crippen MR) is 98.1 cm³/mol. The van der Waals surface area contributed by atoms with Crippen molar-refractivity contribution in [3.63, 3.8) is 0 Å². The van der Waals surface area contributed by atoms with E-state index < -0.39 is 0 Å². The molecule has 0 saturated heterocycles. The van der Waals surface area contributed by atoms with Crippen LogP contribution in [0.25, 0.3) is 0 Å². The summed E-state index contributed by atoms with van der Waals surface area (Å²) in [6.45, 7) is 2.26. The van der Waals surface area contributed by atoms with Gasteiger partial charge in [-0.1, -0.05) is 42.5 Å². The molecule has 126 valence electrons. The van der Waals surface area contributed by atoms with Gasteiger partial charge in [0.1, 0.15) is 0 Å². The Bertz CT molecular complexity index is 866. The average molecular weight is 333 g/mol. The molecule has 0 saturated carbocycles. The lowest BCUT2D eigenvalue weighted by Gasteiger charge is -2.18. The molecule has 3 rings (SSSR count). The molecule has 0 atom stereocenters. The molecule has 0 fully saturated rings. The van der Waals surface area contributed by atoms with Gasteiger partial charge < -0.3 is 10.2 Å². The van der Waals surface area contributed by atoms with Gasteiger partial charge in [-0.3, -0.25) is 4.79 Å². The summed E-state index contributed by atoms with van der Waals surface area (Å²) >= 11 is 0. The lowest BCUT2D eigenvalue weighted by molar-refractivity contribution is 0.101. The summed E-state index contributed by atoms with van der Waals surface area (Å²) in [6, 6.07) is 17.4. The number of aromatic nitrogens is 3. The molecule has 6 nitrogen and oxygen atoms in total. The second-order valence-corrected chi connectivity index (χ2v) is 5.74. The zero-order valence-corrected chi connectivity index (χ0v) is 14.2. The van der Waals surface area contributed by atoms with Crippen molar-refractivity contribution < 1.29 is 4.79 Å². The van der Waals surface area contributed by atoms with Gasteiger partial charge in [0.25, 0.3) is 0 Å². The topological polar surface area (TPSA) is 71.0 Å². The molecule has 25 heavy (non-hydrogen) atoms. The molecule has 2 aromatic carbocycles. The smallest absolute Gasteiger partial charge is 0.249 e. The Hall–Kier alpha value is -3.28. The fourth-order valence-corrected chi connectivity index (χ4v) is 2.42. The Kier molecular flexibility index (Phi) is 4.99. The van der Waals surface area contributed by atoms with E-state index in [1.54, 1.807) is 18.3 Å². The minimum atomic E-state index is 0.0130. The van der Waals surface area contributed by atoms with Crippen molar-refractivity contribution in [2.45, 2.75) is 13.5 Å². The Balaban J connectivity index is 1.75. The molecule has 0 aliphatic heterocycles. The number of nitrogens with zero attached hydrogens (tertiary/aromatic N) is 4. The molecular formula is C19H19N5O. The molecular weight excluding hydrogens is 314 g/mol. The van der Waals surface area contributed by atoms with Crippen LogP contribution in [0.4, 0.5) is 17.5 Å². The molecule has 1 N–H and O–H groups in total. The normalized spacial score (nSPS) is 10.3. The van der Waals surface area contributed by atoms with Crippen LogP contribution in [0, 0.1) is 0 Å². The van der Waals surface area contributed by atoms with Crippen LogP contribution < -0.4 is 10.2 Å². The van der Waals surface area contributed by atoms with Gasteiger partial charge in [-0.25, -0.2) is 0 Å². The highest BCUT2D eigenvalue weighted by Gasteiger charge is 2.08. The second kappa shape index (κ2) is 7.53. The van der Waals surface area contributed by atoms with E-state index >= 15 is 0 Å². The van der Waals surface area contributed by atoms with Crippen LogP contribution in [0.15, 0.2) is 60.8 Å². The maximum atomic E-state index is 11.5. The zero-order chi connectivity index (χ0) is 17.6. The summed E-state index contributed by atoms with van der Waals surface area (Å²) in [5.41, 5.74) is 2.57. The number of ketones is 1. The van der Waals surface area contributed by atoms with Crippen LogP contribution in [0.2, 0.25) is 0 Å². The van der Waals surface area contributed by atoms with Gasteiger partial charge in [-0.2, -0.15) is 10.1 Å². The SMILES string of the molecule is CC(=O)c1cccc(Nc2nncc(N(C)Cc3ccccc3)n2)c1. The molecule has 3 aromatic rings. The lowest BCUT2D eigenvalue weighted by atomic mass is 10.1. The first-order valence-electron chi connectivity index (χ1n) is 7.94. The lowest BCUT2D eigenvalue weighted by Crippen LogP contribution is -2.18. The van der Waals surface area contributed by atoms with E-state index in [9.17, 15) is 4.79 Å². The maximum Gasteiger partial charge on any atom is 0.249 e. The van der Waals surface area contributed by atoms with Gasteiger partial charge in [0.15, 0.2) is 11.6 Å². The van der Waals surface area contributed by atoms with Gasteiger partial charge in [0.05, 0.1) is 6.20 Å². The number of hydrogen-bond acceptors (Lipinski definition) is 6. The van der Waals surface area contributed by atoms with E-state index in [1.807, 2.05) is 42.3 Å². The predicted octanol–water partition coefficient (Wildman–Crippen LogP) is 3.45.